The lowest BCUT2D eigenvalue weighted by molar-refractivity contribution is -0.384. The molecule has 0 aliphatic heterocycles. The largest absolute Gasteiger partial charge is 0.497 e. The fourth-order valence-electron chi connectivity index (χ4n) is 2.83. The third kappa shape index (κ3) is 5.37. The minimum Gasteiger partial charge on any atom is -0.497 e. The van der Waals surface area contributed by atoms with E-state index in [2.05, 4.69) is 0 Å². The number of non-ortho nitro benzene ring substituents is 1. The Labute approximate surface area is 183 Å². The molecule has 162 valence electrons. The molecule has 0 spiro atoms. The topological polar surface area (TPSA) is 105 Å². The maximum Gasteiger partial charge on any atom is 0.343 e. The lowest BCUT2D eigenvalue weighted by Gasteiger charge is -2.08. The number of nitrogens with zero attached hydrogens (tertiary/aromatic N) is 1. The number of nitro groups is 1. The van der Waals surface area contributed by atoms with Crippen LogP contribution in [0.5, 0.6) is 17.2 Å². The van der Waals surface area contributed by atoms with Crippen LogP contribution in [0.3, 0.4) is 0 Å². The summed E-state index contributed by atoms with van der Waals surface area (Å²) in [5, 5.41) is 10.8. The van der Waals surface area contributed by atoms with Crippen molar-refractivity contribution in [2.45, 2.75) is 0 Å². The molecule has 32 heavy (non-hydrogen) atoms. The van der Waals surface area contributed by atoms with Gasteiger partial charge < -0.3 is 14.2 Å². The van der Waals surface area contributed by atoms with E-state index in [0.29, 0.717) is 22.6 Å². The van der Waals surface area contributed by atoms with Gasteiger partial charge in [0.1, 0.15) is 17.2 Å². The second-order valence-electron chi connectivity index (χ2n) is 6.53. The lowest BCUT2D eigenvalue weighted by Crippen LogP contribution is -2.08. The van der Waals surface area contributed by atoms with Crippen molar-refractivity contribution in [3.63, 3.8) is 0 Å². The highest BCUT2D eigenvalue weighted by Gasteiger charge is 2.14. The summed E-state index contributed by atoms with van der Waals surface area (Å²) >= 11 is 0. The summed E-state index contributed by atoms with van der Waals surface area (Å²) in [7, 11) is 3.00. The van der Waals surface area contributed by atoms with Crippen LogP contribution in [0.1, 0.15) is 26.3 Å². The quantitative estimate of drug-likeness (QED) is 0.126. The Bertz CT molecular complexity index is 1180. The molecule has 0 N–H and O–H groups in total. The van der Waals surface area contributed by atoms with Crippen molar-refractivity contribution in [1.29, 1.82) is 0 Å². The molecule has 3 aromatic carbocycles. The van der Waals surface area contributed by atoms with E-state index in [0.717, 1.165) is 6.07 Å². The number of methoxy groups -OCH3 is 2. The Morgan fingerprint density at radius 2 is 1.62 bits per heavy atom. The van der Waals surface area contributed by atoms with Crippen LogP contribution < -0.4 is 14.2 Å². The number of benzene rings is 3. The number of ether oxygens (including phenoxy) is 3. The minimum absolute atomic E-state index is 0.0704. The average Bonchev–Trinajstić information content (AvgIpc) is 2.82. The second kappa shape index (κ2) is 10.0. The summed E-state index contributed by atoms with van der Waals surface area (Å²) in [6.45, 7) is 0. The van der Waals surface area contributed by atoms with Gasteiger partial charge in [0.2, 0.25) is 0 Å². The summed E-state index contributed by atoms with van der Waals surface area (Å²) < 4.78 is 15.6. The van der Waals surface area contributed by atoms with E-state index >= 15 is 0 Å². The van der Waals surface area contributed by atoms with Crippen LogP contribution in [0.25, 0.3) is 6.08 Å². The third-order valence-corrected chi connectivity index (χ3v) is 4.48. The summed E-state index contributed by atoms with van der Waals surface area (Å²) in [5.41, 5.74) is 0.944. The number of hydrogen-bond donors (Lipinski definition) is 0. The second-order valence-corrected chi connectivity index (χ2v) is 6.53. The monoisotopic (exact) mass is 433 g/mol. The van der Waals surface area contributed by atoms with Crippen LogP contribution in [-0.4, -0.2) is 30.9 Å². The maximum atomic E-state index is 12.6. The van der Waals surface area contributed by atoms with Gasteiger partial charge in [-0.15, -0.1) is 0 Å². The van der Waals surface area contributed by atoms with Crippen LogP contribution in [0.2, 0.25) is 0 Å². The Morgan fingerprint density at radius 3 is 2.28 bits per heavy atom. The normalized spacial score (nSPS) is 10.6. The summed E-state index contributed by atoms with van der Waals surface area (Å²) in [6, 6.07) is 16.7. The average molecular weight is 433 g/mol. The van der Waals surface area contributed by atoms with Gasteiger partial charge in [0.05, 0.1) is 30.3 Å². The van der Waals surface area contributed by atoms with E-state index in [-0.39, 0.29) is 22.8 Å². The summed E-state index contributed by atoms with van der Waals surface area (Å²) in [4.78, 5) is 35.1. The van der Waals surface area contributed by atoms with Gasteiger partial charge in [0.25, 0.3) is 5.69 Å². The molecule has 0 amide bonds. The SMILES string of the molecule is COc1ccc(OC)c(C(=O)C=Cc2ccc(OC(=O)c3cccc([N+](=O)[O-])c3)cc2)c1. The van der Waals surface area contributed by atoms with Gasteiger partial charge in [-0.3, -0.25) is 14.9 Å². The van der Waals surface area contributed by atoms with Gasteiger partial charge in [-0.05, 0) is 48.0 Å². The molecule has 8 heteroatoms. The first-order chi connectivity index (χ1) is 15.4. The predicted octanol–water partition coefficient (Wildman–Crippen LogP) is 4.73. The Balaban J connectivity index is 1.69. The van der Waals surface area contributed by atoms with E-state index in [1.54, 1.807) is 48.5 Å². The molecule has 0 atom stereocenters. The molecular formula is C24H19NO7. The number of esters is 1. The molecule has 0 aliphatic rings. The number of hydrogen-bond acceptors (Lipinski definition) is 7. The molecular weight excluding hydrogens is 414 g/mol. The van der Waals surface area contributed by atoms with Gasteiger partial charge in [-0.25, -0.2) is 4.79 Å². The molecule has 8 nitrogen and oxygen atoms in total. The first-order valence-electron chi connectivity index (χ1n) is 9.42. The Hall–Kier alpha value is -4.46. The first-order valence-corrected chi connectivity index (χ1v) is 9.42. The molecule has 0 heterocycles. The molecule has 0 saturated heterocycles. The molecule has 0 aliphatic carbocycles. The van der Waals surface area contributed by atoms with Crippen LogP contribution in [0.4, 0.5) is 5.69 Å². The van der Waals surface area contributed by atoms with Crippen molar-refractivity contribution in [3.8, 4) is 17.2 Å². The molecule has 0 saturated carbocycles. The van der Waals surface area contributed by atoms with Crippen molar-refractivity contribution in [1.82, 2.24) is 0 Å². The van der Waals surface area contributed by atoms with Crippen molar-refractivity contribution in [2.24, 2.45) is 0 Å². The van der Waals surface area contributed by atoms with E-state index in [1.165, 1.54) is 38.5 Å². The van der Waals surface area contributed by atoms with Crippen molar-refractivity contribution >= 4 is 23.5 Å². The number of carbonyl (C=O) groups excluding carboxylic acids is 2. The van der Waals surface area contributed by atoms with E-state index in [4.69, 9.17) is 14.2 Å². The lowest BCUT2D eigenvalue weighted by atomic mass is 10.1. The zero-order valence-electron chi connectivity index (χ0n) is 17.3. The highest BCUT2D eigenvalue weighted by molar-refractivity contribution is 6.08. The fourth-order valence-corrected chi connectivity index (χ4v) is 2.83. The van der Waals surface area contributed by atoms with Crippen LogP contribution in [0.15, 0.2) is 72.8 Å². The zero-order chi connectivity index (χ0) is 23.1. The number of nitro benzene ring substituents is 1. The van der Waals surface area contributed by atoms with Gasteiger partial charge in [-0.2, -0.15) is 0 Å². The van der Waals surface area contributed by atoms with Crippen molar-refractivity contribution < 1.29 is 28.7 Å². The Morgan fingerprint density at radius 1 is 0.906 bits per heavy atom. The Kier molecular flexibility index (Phi) is 6.97. The predicted molar refractivity (Wildman–Crippen MR) is 117 cm³/mol. The van der Waals surface area contributed by atoms with Crippen LogP contribution in [0, 0.1) is 10.1 Å². The van der Waals surface area contributed by atoms with Crippen molar-refractivity contribution in [2.75, 3.05) is 14.2 Å². The third-order valence-electron chi connectivity index (χ3n) is 4.48. The molecule has 0 unspecified atom stereocenters. The van der Waals surface area contributed by atoms with Crippen LogP contribution in [-0.2, 0) is 0 Å². The van der Waals surface area contributed by atoms with E-state index in [1.807, 2.05) is 0 Å². The minimum atomic E-state index is -0.711. The fraction of sp³-hybridized carbons (Fsp3) is 0.0833. The summed E-state index contributed by atoms with van der Waals surface area (Å²) in [5.74, 6) is 0.264. The van der Waals surface area contributed by atoms with Gasteiger partial charge in [0.15, 0.2) is 5.78 Å². The van der Waals surface area contributed by atoms with Gasteiger partial charge >= 0.3 is 5.97 Å². The summed E-state index contributed by atoms with van der Waals surface area (Å²) in [6.07, 6.45) is 3.02. The molecule has 0 radical (unpaired) electrons. The molecule has 0 fully saturated rings. The highest BCUT2D eigenvalue weighted by atomic mass is 16.6. The van der Waals surface area contributed by atoms with Crippen molar-refractivity contribution in [3.05, 3.63) is 99.6 Å². The smallest absolute Gasteiger partial charge is 0.343 e. The number of rotatable bonds is 8. The standard InChI is InChI=1S/C24H19NO7/c1-30-20-11-13-23(31-2)21(15-20)22(26)12-8-16-6-9-19(10-7-16)32-24(27)17-4-3-5-18(14-17)25(28)29/h3-15H,1-2H3. The number of carbonyl (C=O) groups is 2. The number of allylic oxidation sites excluding steroid dienone is 1. The molecule has 0 bridgehead atoms. The van der Waals surface area contributed by atoms with E-state index in [9.17, 15) is 19.7 Å². The molecule has 3 rings (SSSR count). The van der Waals surface area contributed by atoms with Gasteiger partial charge in [0, 0.05) is 12.1 Å². The molecule has 3 aromatic rings. The molecule has 0 aromatic heterocycles. The van der Waals surface area contributed by atoms with Crippen LogP contribution >= 0.6 is 0 Å². The zero-order valence-corrected chi connectivity index (χ0v) is 17.3. The first kappa shape index (κ1) is 22.2. The van der Waals surface area contributed by atoms with Gasteiger partial charge in [-0.1, -0.05) is 24.3 Å². The number of ketones is 1. The highest BCUT2D eigenvalue weighted by Crippen LogP contribution is 2.25. The maximum absolute atomic E-state index is 12.6. The van der Waals surface area contributed by atoms with E-state index < -0.39 is 10.9 Å².